The van der Waals surface area contributed by atoms with E-state index < -0.39 is 0 Å². The van der Waals surface area contributed by atoms with Crippen molar-refractivity contribution in [2.75, 3.05) is 5.32 Å². The first-order valence-electron chi connectivity index (χ1n) is 8.98. The second-order valence-corrected chi connectivity index (χ2v) is 6.93. The normalized spacial score (nSPS) is 13.4. The van der Waals surface area contributed by atoms with Crippen LogP contribution in [0.4, 0.5) is 5.69 Å². The number of benzene rings is 2. The largest absolute Gasteiger partial charge is 0.321 e. The minimum atomic E-state index is -0.286. The van der Waals surface area contributed by atoms with Crippen molar-refractivity contribution in [3.05, 3.63) is 71.0 Å². The van der Waals surface area contributed by atoms with Gasteiger partial charge in [0.1, 0.15) is 0 Å². The Balaban J connectivity index is 1.62. The minimum Gasteiger partial charge on any atom is -0.321 e. The summed E-state index contributed by atoms with van der Waals surface area (Å²) in [6, 6.07) is 14.8. The first-order chi connectivity index (χ1) is 13.0. The molecule has 2 aromatic carbocycles. The predicted octanol–water partition coefficient (Wildman–Crippen LogP) is 3.91. The number of hydrogen-bond donors (Lipinski definition) is 1. The maximum Gasteiger partial charge on any atom is 0.278 e. The van der Waals surface area contributed by atoms with Crippen LogP contribution in [0.15, 0.2) is 48.5 Å². The summed E-state index contributed by atoms with van der Waals surface area (Å²) in [7, 11) is 0. The summed E-state index contributed by atoms with van der Waals surface area (Å²) >= 11 is 0. The van der Waals surface area contributed by atoms with Gasteiger partial charge in [0.2, 0.25) is 0 Å². The van der Waals surface area contributed by atoms with Crippen LogP contribution in [0, 0.1) is 6.92 Å². The Morgan fingerprint density at radius 3 is 2.30 bits per heavy atom. The predicted molar refractivity (Wildman–Crippen MR) is 102 cm³/mol. The Labute approximate surface area is 157 Å². The summed E-state index contributed by atoms with van der Waals surface area (Å²) in [6.07, 6.45) is 2.07. The van der Waals surface area contributed by atoms with Gasteiger partial charge in [-0.2, -0.15) is 0 Å². The number of carbonyl (C=O) groups is 2. The fourth-order valence-electron chi connectivity index (χ4n) is 3.03. The molecule has 0 saturated heterocycles. The van der Waals surface area contributed by atoms with Gasteiger partial charge in [-0.05, 0) is 63.1 Å². The number of aromatic nitrogens is 3. The second-order valence-electron chi connectivity index (χ2n) is 6.93. The molecule has 0 spiro atoms. The molecular formula is C21H20N4O2. The van der Waals surface area contributed by atoms with E-state index in [-0.39, 0.29) is 11.7 Å². The summed E-state index contributed by atoms with van der Waals surface area (Å²) in [6.45, 7) is 3.54. The Kier molecular flexibility index (Phi) is 4.32. The van der Waals surface area contributed by atoms with E-state index in [9.17, 15) is 9.59 Å². The molecule has 1 N–H and O–H groups in total. The van der Waals surface area contributed by atoms with E-state index in [1.165, 1.54) is 12.5 Å². The Bertz CT molecular complexity index is 1000. The van der Waals surface area contributed by atoms with Crippen LogP contribution in [-0.2, 0) is 0 Å². The third-order valence-electron chi connectivity index (χ3n) is 4.71. The number of nitrogens with zero attached hydrogens (tertiary/aromatic N) is 3. The first-order valence-corrected chi connectivity index (χ1v) is 8.98. The molecule has 136 valence electrons. The highest BCUT2D eigenvalue weighted by Gasteiger charge is 2.34. The van der Waals surface area contributed by atoms with Crippen LogP contribution in [0.5, 0.6) is 0 Å². The number of hydrogen-bond acceptors (Lipinski definition) is 4. The standard InChI is InChI=1S/C21H20N4O2/c1-13-3-11-18(12-4-13)25-20(16-5-6-16)19(23-24-25)21(27)22-17-9-7-15(8-10-17)14(2)26/h3-4,7-12,16H,5-6H2,1-2H3,(H,22,27). The molecule has 1 aliphatic rings. The lowest BCUT2D eigenvalue weighted by atomic mass is 10.1. The van der Waals surface area contributed by atoms with Gasteiger partial charge < -0.3 is 5.32 Å². The zero-order valence-corrected chi connectivity index (χ0v) is 15.3. The lowest BCUT2D eigenvalue weighted by Gasteiger charge is -2.08. The molecule has 1 amide bonds. The molecule has 0 atom stereocenters. The van der Waals surface area contributed by atoms with Crippen molar-refractivity contribution in [1.29, 1.82) is 0 Å². The summed E-state index contributed by atoms with van der Waals surface area (Å²) in [5.41, 5.74) is 4.51. The Morgan fingerprint density at radius 1 is 1.04 bits per heavy atom. The molecule has 1 fully saturated rings. The van der Waals surface area contributed by atoms with Crippen LogP contribution in [0.2, 0.25) is 0 Å². The van der Waals surface area contributed by atoms with Crippen molar-refractivity contribution in [3.8, 4) is 5.69 Å². The van der Waals surface area contributed by atoms with Gasteiger partial charge in [-0.1, -0.05) is 22.9 Å². The van der Waals surface area contributed by atoms with Crippen molar-refractivity contribution in [3.63, 3.8) is 0 Å². The lowest BCUT2D eigenvalue weighted by Crippen LogP contribution is -2.15. The molecule has 0 radical (unpaired) electrons. The molecule has 1 aromatic heterocycles. The zero-order chi connectivity index (χ0) is 19.0. The highest BCUT2D eigenvalue weighted by molar-refractivity contribution is 6.04. The molecule has 6 nitrogen and oxygen atoms in total. The Hall–Kier alpha value is -3.28. The average Bonchev–Trinajstić information content (AvgIpc) is 3.41. The van der Waals surface area contributed by atoms with Gasteiger partial charge in [0.05, 0.1) is 11.4 Å². The second kappa shape index (κ2) is 6.79. The summed E-state index contributed by atoms with van der Waals surface area (Å²) in [4.78, 5) is 24.2. The number of carbonyl (C=O) groups excluding carboxylic acids is 2. The molecule has 27 heavy (non-hydrogen) atoms. The maximum atomic E-state index is 12.8. The molecule has 1 saturated carbocycles. The molecule has 0 unspecified atom stereocenters. The number of Topliss-reactive ketones (excluding diaryl/α,β-unsaturated/α-hetero) is 1. The van der Waals surface area contributed by atoms with Crippen molar-refractivity contribution in [1.82, 2.24) is 15.0 Å². The van der Waals surface area contributed by atoms with E-state index in [0.717, 1.165) is 24.2 Å². The smallest absolute Gasteiger partial charge is 0.278 e. The van der Waals surface area contributed by atoms with Crippen LogP contribution >= 0.6 is 0 Å². The van der Waals surface area contributed by atoms with Gasteiger partial charge in [-0.25, -0.2) is 4.68 Å². The van der Waals surface area contributed by atoms with E-state index in [4.69, 9.17) is 0 Å². The van der Waals surface area contributed by atoms with Gasteiger partial charge in [0.15, 0.2) is 11.5 Å². The van der Waals surface area contributed by atoms with E-state index >= 15 is 0 Å². The summed E-state index contributed by atoms with van der Waals surface area (Å²) in [5.74, 6) is 0.0120. The number of aryl methyl sites for hydroxylation is 1. The van der Waals surface area contributed by atoms with Crippen LogP contribution in [0.3, 0.4) is 0 Å². The number of anilines is 1. The maximum absolute atomic E-state index is 12.8. The quantitative estimate of drug-likeness (QED) is 0.700. The highest BCUT2D eigenvalue weighted by atomic mass is 16.2. The molecule has 0 bridgehead atoms. The first kappa shape index (κ1) is 17.1. The van der Waals surface area contributed by atoms with Crippen molar-refractivity contribution >= 4 is 17.4 Å². The molecular weight excluding hydrogens is 340 g/mol. The number of ketones is 1. The van der Waals surface area contributed by atoms with E-state index in [2.05, 4.69) is 15.6 Å². The van der Waals surface area contributed by atoms with E-state index in [1.807, 2.05) is 31.2 Å². The Morgan fingerprint density at radius 2 is 1.70 bits per heavy atom. The van der Waals surface area contributed by atoms with Crippen molar-refractivity contribution < 1.29 is 9.59 Å². The van der Waals surface area contributed by atoms with Gasteiger partial charge in [0.25, 0.3) is 5.91 Å². The number of amides is 1. The monoisotopic (exact) mass is 360 g/mol. The van der Waals surface area contributed by atoms with Crippen LogP contribution < -0.4 is 5.32 Å². The van der Waals surface area contributed by atoms with E-state index in [0.29, 0.717) is 22.9 Å². The van der Waals surface area contributed by atoms with Crippen LogP contribution in [0.25, 0.3) is 5.69 Å². The minimum absolute atomic E-state index is 0.00932. The molecule has 3 aromatic rings. The highest BCUT2D eigenvalue weighted by Crippen LogP contribution is 2.42. The SMILES string of the molecule is CC(=O)c1ccc(NC(=O)c2nnn(-c3ccc(C)cc3)c2C2CC2)cc1. The molecule has 1 aliphatic carbocycles. The average molecular weight is 360 g/mol. The topological polar surface area (TPSA) is 76.9 Å². The summed E-state index contributed by atoms with van der Waals surface area (Å²) in [5, 5.41) is 11.3. The number of nitrogens with one attached hydrogen (secondary N) is 1. The van der Waals surface area contributed by atoms with Crippen molar-refractivity contribution in [2.24, 2.45) is 0 Å². The van der Waals surface area contributed by atoms with Gasteiger partial charge in [-0.15, -0.1) is 5.10 Å². The fourth-order valence-corrected chi connectivity index (χ4v) is 3.03. The molecule has 4 rings (SSSR count). The molecule has 0 aliphatic heterocycles. The van der Waals surface area contributed by atoms with Gasteiger partial charge >= 0.3 is 0 Å². The fraction of sp³-hybridized carbons (Fsp3) is 0.238. The molecule has 1 heterocycles. The summed E-state index contributed by atoms with van der Waals surface area (Å²) < 4.78 is 1.77. The molecule has 6 heteroatoms. The van der Waals surface area contributed by atoms with Crippen molar-refractivity contribution in [2.45, 2.75) is 32.6 Å². The number of rotatable bonds is 5. The third kappa shape index (κ3) is 3.51. The zero-order valence-electron chi connectivity index (χ0n) is 15.3. The van der Waals surface area contributed by atoms with Gasteiger partial charge in [-0.3, -0.25) is 9.59 Å². The van der Waals surface area contributed by atoms with Gasteiger partial charge in [0, 0.05) is 17.2 Å². The van der Waals surface area contributed by atoms with E-state index in [1.54, 1.807) is 28.9 Å². The van der Waals surface area contributed by atoms with Crippen LogP contribution in [-0.4, -0.2) is 26.7 Å². The lowest BCUT2D eigenvalue weighted by molar-refractivity contribution is 0.101. The third-order valence-corrected chi connectivity index (χ3v) is 4.71. The van der Waals surface area contributed by atoms with Crippen LogP contribution in [0.1, 0.15) is 57.8 Å².